The number of benzene rings is 2. The average molecular weight is 403 g/mol. The number of halogens is 1. The fourth-order valence-corrected chi connectivity index (χ4v) is 3.05. The SMILES string of the molecule is CCOc1ccc2nc(-c3cccnc3)nc(Nc3cc(F)ccc3C(N)=O)c2c1. The first-order valence-electron chi connectivity index (χ1n) is 9.26. The number of aromatic nitrogens is 3. The Labute approximate surface area is 171 Å². The highest BCUT2D eigenvalue weighted by atomic mass is 19.1. The number of fused-ring (bicyclic) bond motifs is 1. The van der Waals surface area contributed by atoms with Gasteiger partial charge in [0.25, 0.3) is 5.91 Å². The van der Waals surface area contributed by atoms with Crippen molar-refractivity contribution in [2.75, 3.05) is 11.9 Å². The molecule has 7 nitrogen and oxygen atoms in total. The third-order valence-electron chi connectivity index (χ3n) is 4.40. The first kappa shape index (κ1) is 19.3. The lowest BCUT2D eigenvalue weighted by atomic mass is 10.1. The summed E-state index contributed by atoms with van der Waals surface area (Å²) in [5.74, 6) is 0.259. The lowest BCUT2D eigenvalue weighted by Gasteiger charge is -2.14. The molecule has 150 valence electrons. The lowest BCUT2D eigenvalue weighted by Crippen LogP contribution is -2.14. The molecule has 0 aliphatic rings. The number of primary amides is 1. The molecule has 0 saturated carbocycles. The molecule has 0 radical (unpaired) electrons. The zero-order valence-corrected chi connectivity index (χ0v) is 16.1. The molecule has 8 heteroatoms. The summed E-state index contributed by atoms with van der Waals surface area (Å²) in [6.07, 6.45) is 3.31. The summed E-state index contributed by atoms with van der Waals surface area (Å²) in [5, 5.41) is 3.70. The molecule has 3 N–H and O–H groups in total. The van der Waals surface area contributed by atoms with E-state index >= 15 is 0 Å². The maximum atomic E-state index is 13.9. The number of amides is 1. The molecular formula is C22H18FN5O2. The Morgan fingerprint density at radius 2 is 2.03 bits per heavy atom. The highest BCUT2D eigenvalue weighted by Crippen LogP contribution is 2.31. The van der Waals surface area contributed by atoms with E-state index in [0.29, 0.717) is 40.5 Å². The standard InChI is InChI=1S/C22H18FN5O2/c1-2-30-15-6-8-18-17(11-15)22(28-21(26-18)13-4-3-9-25-12-13)27-19-10-14(23)5-7-16(19)20(24)29/h3-12H,2H2,1H3,(H2,24,29)(H,26,27,28). The summed E-state index contributed by atoms with van der Waals surface area (Å²) < 4.78 is 19.5. The van der Waals surface area contributed by atoms with Crippen molar-refractivity contribution in [3.8, 4) is 17.1 Å². The molecule has 0 bridgehead atoms. The lowest BCUT2D eigenvalue weighted by molar-refractivity contribution is 0.100. The van der Waals surface area contributed by atoms with Crippen LogP contribution in [0, 0.1) is 5.82 Å². The second kappa shape index (κ2) is 8.12. The van der Waals surface area contributed by atoms with Gasteiger partial charge in [0.15, 0.2) is 5.82 Å². The Balaban J connectivity index is 1.91. The monoisotopic (exact) mass is 403 g/mol. The van der Waals surface area contributed by atoms with E-state index in [1.54, 1.807) is 24.5 Å². The number of nitrogens with two attached hydrogens (primary N) is 1. The van der Waals surface area contributed by atoms with Crippen LogP contribution < -0.4 is 15.8 Å². The average Bonchev–Trinajstić information content (AvgIpc) is 2.74. The van der Waals surface area contributed by atoms with E-state index in [2.05, 4.69) is 20.3 Å². The van der Waals surface area contributed by atoms with Gasteiger partial charge in [-0.1, -0.05) is 0 Å². The number of hydrogen-bond donors (Lipinski definition) is 2. The molecule has 1 amide bonds. The molecule has 4 aromatic rings. The molecule has 0 aliphatic carbocycles. The normalized spacial score (nSPS) is 10.7. The largest absolute Gasteiger partial charge is 0.494 e. The molecule has 0 fully saturated rings. The van der Waals surface area contributed by atoms with Crippen molar-refractivity contribution in [3.05, 3.63) is 72.3 Å². The predicted octanol–water partition coefficient (Wildman–Crippen LogP) is 4.07. The predicted molar refractivity (Wildman–Crippen MR) is 112 cm³/mol. The number of carbonyl (C=O) groups excluding carboxylic acids is 1. The molecule has 2 aromatic heterocycles. The Hall–Kier alpha value is -4.07. The van der Waals surface area contributed by atoms with E-state index in [9.17, 15) is 9.18 Å². The van der Waals surface area contributed by atoms with Crippen LogP contribution in [0.4, 0.5) is 15.9 Å². The van der Waals surface area contributed by atoms with Gasteiger partial charge in [0.1, 0.15) is 17.4 Å². The maximum Gasteiger partial charge on any atom is 0.250 e. The number of anilines is 2. The zero-order chi connectivity index (χ0) is 21.1. The van der Waals surface area contributed by atoms with E-state index < -0.39 is 11.7 Å². The van der Waals surface area contributed by atoms with Gasteiger partial charge < -0.3 is 15.8 Å². The Kier molecular flexibility index (Phi) is 5.21. The van der Waals surface area contributed by atoms with Gasteiger partial charge in [-0.05, 0) is 55.5 Å². The van der Waals surface area contributed by atoms with Crippen LogP contribution in [0.3, 0.4) is 0 Å². The number of rotatable bonds is 6. The second-order valence-electron chi connectivity index (χ2n) is 6.43. The molecule has 4 rings (SSSR count). The molecule has 2 heterocycles. The third kappa shape index (κ3) is 3.88. The topological polar surface area (TPSA) is 103 Å². The second-order valence-corrected chi connectivity index (χ2v) is 6.43. The van der Waals surface area contributed by atoms with Crippen molar-refractivity contribution in [1.82, 2.24) is 15.0 Å². The van der Waals surface area contributed by atoms with Gasteiger partial charge in [0.2, 0.25) is 0 Å². The summed E-state index contributed by atoms with van der Waals surface area (Å²) >= 11 is 0. The van der Waals surface area contributed by atoms with E-state index in [-0.39, 0.29) is 11.3 Å². The number of hydrogen-bond acceptors (Lipinski definition) is 6. The minimum Gasteiger partial charge on any atom is -0.494 e. The summed E-state index contributed by atoms with van der Waals surface area (Å²) in [6.45, 7) is 2.38. The summed E-state index contributed by atoms with van der Waals surface area (Å²) in [4.78, 5) is 25.1. The van der Waals surface area contributed by atoms with E-state index in [4.69, 9.17) is 10.5 Å². The van der Waals surface area contributed by atoms with Gasteiger partial charge in [-0.3, -0.25) is 9.78 Å². The molecule has 2 aromatic carbocycles. The number of pyridine rings is 1. The third-order valence-corrected chi connectivity index (χ3v) is 4.40. The molecule has 0 spiro atoms. The smallest absolute Gasteiger partial charge is 0.250 e. The Morgan fingerprint density at radius 1 is 1.17 bits per heavy atom. The first-order chi connectivity index (χ1) is 14.5. The van der Waals surface area contributed by atoms with Crippen molar-refractivity contribution < 1.29 is 13.9 Å². The highest BCUT2D eigenvalue weighted by molar-refractivity contribution is 6.01. The molecule has 0 aliphatic heterocycles. The maximum absolute atomic E-state index is 13.9. The number of ether oxygens (including phenoxy) is 1. The van der Waals surface area contributed by atoms with Gasteiger partial charge in [0, 0.05) is 23.3 Å². The van der Waals surface area contributed by atoms with Crippen molar-refractivity contribution in [3.63, 3.8) is 0 Å². The zero-order valence-electron chi connectivity index (χ0n) is 16.1. The highest BCUT2D eigenvalue weighted by Gasteiger charge is 2.15. The number of nitrogens with one attached hydrogen (secondary N) is 1. The van der Waals surface area contributed by atoms with Crippen molar-refractivity contribution in [2.45, 2.75) is 6.92 Å². The van der Waals surface area contributed by atoms with Crippen LogP contribution in [0.2, 0.25) is 0 Å². The van der Waals surface area contributed by atoms with Crippen LogP contribution in [0.5, 0.6) is 5.75 Å². The van der Waals surface area contributed by atoms with Crippen molar-refractivity contribution in [1.29, 1.82) is 0 Å². The fourth-order valence-electron chi connectivity index (χ4n) is 3.05. The quantitative estimate of drug-likeness (QED) is 0.503. The molecule has 30 heavy (non-hydrogen) atoms. The van der Waals surface area contributed by atoms with Gasteiger partial charge in [-0.15, -0.1) is 0 Å². The molecule has 0 saturated heterocycles. The van der Waals surface area contributed by atoms with Gasteiger partial charge in [0.05, 0.1) is 23.4 Å². The summed E-state index contributed by atoms with van der Waals surface area (Å²) in [5.41, 5.74) is 7.17. The fraction of sp³-hybridized carbons (Fsp3) is 0.0909. The van der Waals surface area contributed by atoms with E-state index in [1.807, 2.05) is 25.1 Å². The van der Waals surface area contributed by atoms with Gasteiger partial charge in [-0.2, -0.15) is 0 Å². The molecular weight excluding hydrogens is 385 g/mol. The van der Waals surface area contributed by atoms with Crippen LogP contribution in [0.1, 0.15) is 17.3 Å². The van der Waals surface area contributed by atoms with Crippen molar-refractivity contribution in [2.24, 2.45) is 5.73 Å². The van der Waals surface area contributed by atoms with Crippen molar-refractivity contribution >= 4 is 28.3 Å². The van der Waals surface area contributed by atoms with Gasteiger partial charge >= 0.3 is 0 Å². The first-order valence-corrected chi connectivity index (χ1v) is 9.26. The minimum atomic E-state index is -0.682. The summed E-state index contributed by atoms with van der Waals surface area (Å²) in [7, 11) is 0. The van der Waals surface area contributed by atoms with Crippen LogP contribution in [-0.4, -0.2) is 27.5 Å². The summed E-state index contributed by atoms with van der Waals surface area (Å²) in [6, 6.07) is 12.7. The van der Waals surface area contributed by atoms with Crippen LogP contribution >= 0.6 is 0 Å². The van der Waals surface area contributed by atoms with Crippen LogP contribution in [-0.2, 0) is 0 Å². The Bertz CT molecular complexity index is 1230. The molecule has 0 atom stereocenters. The van der Waals surface area contributed by atoms with E-state index in [0.717, 1.165) is 0 Å². The Morgan fingerprint density at radius 3 is 2.77 bits per heavy atom. The minimum absolute atomic E-state index is 0.145. The number of nitrogens with zero attached hydrogens (tertiary/aromatic N) is 3. The van der Waals surface area contributed by atoms with Crippen LogP contribution in [0.25, 0.3) is 22.3 Å². The van der Waals surface area contributed by atoms with Gasteiger partial charge in [-0.25, -0.2) is 14.4 Å². The van der Waals surface area contributed by atoms with Crippen LogP contribution in [0.15, 0.2) is 60.9 Å². The molecule has 0 unspecified atom stereocenters. The van der Waals surface area contributed by atoms with E-state index in [1.165, 1.54) is 18.2 Å². The number of carbonyl (C=O) groups is 1.